The Labute approximate surface area is 332 Å². The van der Waals surface area contributed by atoms with E-state index in [0.717, 1.165) is 54.5 Å². The van der Waals surface area contributed by atoms with Gasteiger partial charge in [-0.2, -0.15) is 0 Å². The summed E-state index contributed by atoms with van der Waals surface area (Å²) in [4.78, 5) is 15.5. The van der Waals surface area contributed by atoms with Gasteiger partial charge in [0.15, 0.2) is 17.5 Å². The number of aromatic nitrogens is 3. The highest BCUT2D eigenvalue weighted by molar-refractivity contribution is 7.26. The second-order valence-electron chi connectivity index (χ2n) is 14.3. The number of hydrogen-bond donors (Lipinski definition) is 0. The summed E-state index contributed by atoms with van der Waals surface area (Å²) in [7, 11) is 0. The summed E-state index contributed by atoms with van der Waals surface area (Å²) in [5.74, 6) is 1.74. The SMILES string of the molecule is C=C/C(=C\C=C/C)c1nc(-c2cccc3c2sc2ccccc23)nc(-c2cccc3oc4c(-c5ccc6c7ccccc7c7ccccc7c6c5)cccc4c23)n1. The van der Waals surface area contributed by atoms with Crippen molar-refractivity contribution in [3.8, 4) is 33.9 Å². The molecule has 0 fully saturated rings. The van der Waals surface area contributed by atoms with Crippen LogP contribution in [0.15, 0.2) is 181 Å². The second-order valence-corrected chi connectivity index (χ2v) is 15.3. The number of hydrogen-bond acceptors (Lipinski definition) is 5. The maximum Gasteiger partial charge on any atom is 0.165 e. The topological polar surface area (TPSA) is 51.8 Å². The van der Waals surface area contributed by atoms with E-state index in [0.29, 0.717) is 17.5 Å². The van der Waals surface area contributed by atoms with E-state index in [4.69, 9.17) is 19.4 Å². The standard InChI is InChI=1S/C52H33N3OS/c1-3-5-15-31(4-2)50-53-51(55-52(54-50)43-25-13-22-40-39-20-10-11-27-46(39)57-49(40)43)42-24-14-26-45-47(42)41-23-12-21-33(48(41)56-45)32-28-29-38-36-18-7-6-16-34(36)35-17-8-9-19-37(35)44(38)30-32/h3-30H,2H2,1H3/b5-3-,31-15+. The lowest BCUT2D eigenvalue weighted by atomic mass is 9.91. The second kappa shape index (κ2) is 13.2. The van der Waals surface area contributed by atoms with Crippen LogP contribution in [0.5, 0.6) is 0 Å². The summed E-state index contributed by atoms with van der Waals surface area (Å²) in [6.07, 6.45) is 7.77. The zero-order valence-corrected chi connectivity index (χ0v) is 31.8. The van der Waals surface area contributed by atoms with Gasteiger partial charge in [-0.05, 0) is 69.1 Å². The van der Waals surface area contributed by atoms with Crippen LogP contribution in [0.1, 0.15) is 12.7 Å². The third kappa shape index (κ3) is 5.24. The smallest absolute Gasteiger partial charge is 0.165 e. The van der Waals surface area contributed by atoms with Crippen molar-refractivity contribution in [3.05, 3.63) is 182 Å². The van der Waals surface area contributed by atoms with Gasteiger partial charge in [0, 0.05) is 53.2 Å². The molecule has 0 spiro atoms. The Bertz CT molecular complexity index is 3480. The fourth-order valence-corrected chi connectivity index (χ4v) is 9.65. The lowest BCUT2D eigenvalue weighted by Crippen LogP contribution is -2.02. The summed E-state index contributed by atoms with van der Waals surface area (Å²) >= 11 is 1.76. The van der Waals surface area contributed by atoms with Crippen molar-refractivity contribution in [1.29, 1.82) is 0 Å². The van der Waals surface area contributed by atoms with E-state index in [2.05, 4.69) is 140 Å². The molecule has 3 heterocycles. The predicted octanol–water partition coefficient (Wildman–Crippen LogP) is 14.7. The van der Waals surface area contributed by atoms with Crippen molar-refractivity contribution in [2.75, 3.05) is 0 Å². The molecule has 0 aliphatic rings. The molecule has 0 radical (unpaired) electrons. The molecule has 57 heavy (non-hydrogen) atoms. The van der Waals surface area contributed by atoms with Gasteiger partial charge >= 0.3 is 0 Å². The largest absolute Gasteiger partial charge is 0.455 e. The maximum absolute atomic E-state index is 6.82. The Morgan fingerprint density at radius 1 is 0.561 bits per heavy atom. The normalized spacial score (nSPS) is 12.4. The minimum absolute atomic E-state index is 0.558. The molecule has 0 saturated carbocycles. The van der Waals surface area contributed by atoms with E-state index in [1.807, 2.05) is 37.3 Å². The van der Waals surface area contributed by atoms with Gasteiger partial charge in [0.2, 0.25) is 0 Å². The van der Waals surface area contributed by atoms with E-state index in [1.165, 1.54) is 47.8 Å². The molecule has 268 valence electrons. The number of furan rings is 1. The van der Waals surface area contributed by atoms with Gasteiger partial charge < -0.3 is 4.42 Å². The lowest BCUT2D eigenvalue weighted by Gasteiger charge is -2.12. The number of rotatable bonds is 6. The molecule has 0 aliphatic heterocycles. The Morgan fingerprint density at radius 3 is 1.89 bits per heavy atom. The maximum atomic E-state index is 6.82. The van der Waals surface area contributed by atoms with Crippen molar-refractivity contribution >= 4 is 91.3 Å². The van der Waals surface area contributed by atoms with Crippen LogP contribution < -0.4 is 0 Å². The molecule has 3 aromatic heterocycles. The molecule has 8 aromatic carbocycles. The van der Waals surface area contributed by atoms with Crippen molar-refractivity contribution in [2.45, 2.75) is 6.92 Å². The zero-order chi connectivity index (χ0) is 38.0. The zero-order valence-electron chi connectivity index (χ0n) is 31.0. The van der Waals surface area contributed by atoms with E-state index in [1.54, 1.807) is 17.4 Å². The van der Waals surface area contributed by atoms with Crippen molar-refractivity contribution in [2.24, 2.45) is 0 Å². The minimum atomic E-state index is 0.558. The highest BCUT2D eigenvalue weighted by Gasteiger charge is 2.21. The summed E-state index contributed by atoms with van der Waals surface area (Å²) in [6.45, 7) is 6.12. The highest BCUT2D eigenvalue weighted by Crippen LogP contribution is 2.44. The summed E-state index contributed by atoms with van der Waals surface area (Å²) in [6, 6.07) is 51.6. The van der Waals surface area contributed by atoms with Gasteiger partial charge in [0.25, 0.3) is 0 Å². The van der Waals surface area contributed by atoms with Crippen molar-refractivity contribution in [3.63, 3.8) is 0 Å². The number of para-hydroxylation sites is 1. The van der Waals surface area contributed by atoms with Gasteiger partial charge in [-0.1, -0.05) is 152 Å². The third-order valence-electron chi connectivity index (χ3n) is 11.0. The average Bonchev–Trinajstić information content (AvgIpc) is 3.85. The molecular formula is C52H33N3OS. The van der Waals surface area contributed by atoms with Gasteiger partial charge in [0.05, 0.1) is 0 Å². The molecule has 0 saturated heterocycles. The van der Waals surface area contributed by atoms with Crippen LogP contribution in [-0.4, -0.2) is 15.0 Å². The number of fused-ring (bicyclic) bond motifs is 12. The van der Waals surface area contributed by atoms with E-state index in [9.17, 15) is 0 Å². The molecule has 0 bridgehead atoms. The molecule has 0 amide bonds. The summed E-state index contributed by atoms with van der Waals surface area (Å²) in [5.41, 5.74) is 6.39. The van der Waals surface area contributed by atoms with Crippen molar-refractivity contribution in [1.82, 2.24) is 15.0 Å². The Balaban J connectivity index is 1.14. The third-order valence-corrected chi connectivity index (χ3v) is 12.3. The van der Waals surface area contributed by atoms with Gasteiger partial charge in [-0.15, -0.1) is 11.3 Å². The van der Waals surface area contributed by atoms with Crippen LogP contribution in [-0.2, 0) is 0 Å². The Kier molecular flexibility index (Phi) is 7.69. The Hall–Kier alpha value is -7.21. The van der Waals surface area contributed by atoms with Gasteiger partial charge in [-0.3, -0.25) is 0 Å². The van der Waals surface area contributed by atoms with Crippen LogP contribution >= 0.6 is 11.3 Å². The molecule has 0 unspecified atom stereocenters. The van der Waals surface area contributed by atoms with E-state index in [-0.39, 0.29) is 0 Å². The Morgan fingerprint density at radius 2 is 1.16 bits per heavy atom. The van der Waals surface area contributed by atoms with Gasteiger partial charge in [-0.25, -0.2) is 15.0 Å². The molecule has 0 N–H and O–H groups in total. The lowest BCUT2D eigenvalue weighted by molar-refractivity contribution is 0.670. The number of allylic oxidation sites excluding steroid dienone is 5. The first-order chi connectivity index (χ1) is 28.2. The number of benzene rings is 8. The van der Waals surface area contributed by atoms with E-state index < -0.39 is 0 Å². The van der Waals surface area contributed by atoms with Crippen molar-refractivity contribution < 1.29 is 4.42 Å². The predicted molar refractivity (Wildman–Crippen MR) is 242 cm³/mol. The minimum Gasteiger partial charge on any atom is -0.455 e. The number of nitrogens with zero attached hydrogens (tertiary/aromatic N) is 3. The molecule has 11 rings (SSSR count). The first kappa shape index (κ1) is 33.2. The van der Waals surface area contributed by atoms with Gasteiger partial charge in [0.1, 0.15) is 11.2 Å². The fraction of sp³-hybridized carbons (Fsp3) is 0.0192. The molecular weight excluding hydrogens is 715 g/mol. The molecule has 5 heteroatoms. The van der Waals surface area contributed by atoms with Crippen LogP contribution in [0.2, 0.25) is 0 Å². The fourth-order valence-electron chi connectivity index (χ4n) is 8.44. The highest BCUT2D eigenvalue weighted by atomic mass is 32.1. The summed E-state index contributed by atoms with van der Waals surface area (Å²) in [5, 5.41) is 11.9. The summed E-state index contributed by atoms with van der Waals surface area (Å²) < 4.78 is 9.20. The first-order valence-corrected chi connectivity index (χ1v) is 19.9. The van der Waals surface area contributed by atoms with Crippen LogP contribution in [0, 0.1) is 0 Å². The average molecular weight is 748 g/mol. The van der Waals surface area contributed by atoms with Crippen LogP contribution in [0.25, 0.3) is 114 Å². The van der Waals surface area contributed by atoms with Crippen LogP contribution in [0.4, 0.5) is 0 Å². The molecule has 0 atom stereocenters. The first-order valence-electron chi connectivity index (χ1n) is 19.1. The molecule has 11 aromatic rings. The quantitative estimate of drug-likeness (QED) is 0.126. The molecule has 0 aliphatic carbocycles. The van der Waals surface area contributed by atoms with Crippen LogP contribution in [0.3, 0.4) is 0 Å². The number of thiophene rings is 1. The van der Waals surface area contributed by atoms with E-state index >= 15 is 0 Å². The molecule has 4 nitrogen and oxygen atoms in total. The monoisotopic (exact) mass is 747 g/mol.